The summed E-state index contributed by atoms with van der Waals surface area (Å²) in [6.07, 6.45) is 1.42. The molecule has 5 nitrogen and oxygen atoms in total. The summed E-state index contributed by atoms with van der Waals surface area (Å²) in [4.78, 5) is 12.9. The van der Waals surface area contributed by atoms with E-state index in [4.69, 9.17) is 0 Å². The van der Waals surface area contributed by atoms with Crippen molar-refractivity contribution in [3.8, 4) is 11.1 Å². The topological polar surface area (TPSA) is 57.7 Å². The molecule has 2 aromatic carbocycles. The van der Waals surface area contributed by atoms with Gasteiger partial charge in [-0.2, -0.15) is 17.0 Å². The normalized spacial score (nSPS) is 18.8. The van der Waals surface area contributed by atoms with E-state index >= 15 is 0 Å². The van der Waals surface area contributed by atoms with Gasteiger partial charge in [-0.1, -0.05) is 54.6 Å². The van der Waals surface area contributed by atoms with E-state index in [1.807, 2.05) is 54.6 Å². The van der Waals surface area contributed by atoms with E-state index in [1.165, 1.54) is 22.7 Å². The van der Waals surface area contributed by atoms with Gasteiger partial charge in [-0.25, -0.2) is 0 Å². The van der Waals surface area contributed by atoms with Gasteiger partial charge in [0.05, 0.1) is 0 Å². The van der Waals surface area contributed by atoms with E-state index in [-0.39, 0.29) is 18.2 Å². The van der Waals surface area contributed by atoms with Crippen LogP contribution >= 0.6 is 0 Å². The molecule has 1 atom stereocenters. The summed E-state index contributed by atoms with van der Waals surface area (Å²) in [5.41, 5.74) is 2.80. The molecule has 0 aliphatic carbocycles. The quantitative estimate of drug-likeness (QED) is 0.758. The molecule has 1 fully saturated rings. The fraction of sp³-hybridized carbons (Fsp3) is 0.350. The van der Waals surface area contributed by atoms with Gasteiger partial charge in [0.15, 0.2) is 5.78 Å². The van der Waals surface area contributed by atoms with E-state index in [0.29, 0.717) is 18.5 Å². The smallest absolute Gasteiger partial charge is 0.281 e. The van der Waals surface area contributed by atoms with Crippen LogP contribution < -0.4 is 0 Å². The van der Waals surface area contributed by atoms with Crippen molar-refractivity contribution in [2.75, 3.05) is 27.2 Å². The second-order valence-electron chi connectivity index (χ2n) is 6.79. The molecule has 26 heavy (non-hydrogen) atoms. The molecule has 0 saturated carbocycles. The van der Waals surface area contributed by atoms with E-state index < -0.39 is 10.2 Å². The van der Waals surface area contributed by atoms with Crippen molar-refractivity contribution in [3.05, 3.63) is 60.2 Å². The van der Waals surface area contributed by atoms with Gasteiger partial charge in [-0.15, -0.1) is 0 Å². The Morgan fingerprint density at radius 3 is 2.23 bits per heavy atom. The Morgan fingerprint density at radius 1 is 1.00 bits per heavy atom. The second-order valence-corrected chi connectivity index (χ2v) is 8.94. The van der Waals surface area contributed by atoms with Crippen molar-refractivity contribution >= 4 is 16.0 Å². The summed E-state index contributed by atoms with van der Waals surface area (Å²) in [7, 11) is -0.443. The molecule has 138 valence electrons. The summed E-state index contributed by atoms with van der Waals surface area (Å²) in [5.74, 6) is -0.274. The van der Waals surface area contributed by atoms with Crippen LogP contribution in [0, 0.1) is 5.92 Å². The maximum absolute atomic E-state index is 12.9. The minimum atomic E-state index is -3.48. The number of hydrogen-bond donors (Lipinski definition) is 0. The third-order valence-corrected chi connectivity index (χ3v) is 6.73. The fourth-order valence-corrected chi connectivity index (χ4v) is 4.48. The summed E-state index contributed by atoms with van der Waals surface area (Å²) in [6, 6.07) is 17.6. The number of rotatable bonds is 5. The molecule has 6 heteroatoms. The third-order valence-electron chi connectivity index (χ3n) is 4.82. The van der Waals surface area contributed by atoms with E-state index in [2.05, 4.69) is 0 Å². The van der Waals surface area contributed by atoms with Crippen LogP contribution in [0.4, 0.5) is 0 Å². The molecule has 0 aromatic heterocycles. The molecule has 0 N–H and O–H groups in total. The number of hydrogen-bond acceptors (Lipinski definition) is 3. The maximum Gasteiger partial charge on any atom is 0.281 e. The number of Topliss-reactive ketones (excluding diaryl/α,β-unsaturated/α-hetero) is 1. The van der Waals surface area contributed by atoms with Gasteiger partial charge in [0, 0.05) is 38.7 Å². The monoisotopic (exact) mass is 372 g/mol. The molecule has 0 radical (unpaired) electrons. The van der Waals surface area contributed by atoms with E-state index in [0.717, 1.165) is 17.5 Å². The number of benzene rings is 2. The van der Waals surface area contributed by atoms with Crippen molar-refractivity contribution in [2.45, 2.75) is 12.8 Å². The lowest BCUT2D eigenvalue weighted by atomic mass is 9.90. The van der Waals surface area contributed by atoms with Gasteiger partial charge in [-0.05, 0) is 24.0 Å². The number of piperidine rings is 1. The van der Waals surface area contributed by atoms with Crippen molar-refractivity contribution in [1.29, 1.82) is 0 Å². The Balaban J connectivity index is 1.75. The molecular weight excluding hydrogens is 348 g/mol. The SMILES string of the molecule is CN(C)S(=O)(=O)N1CCC[C@H](C(=O)c2ccc(-c3ccccc3)cc2)C1. The zero-order chi connectivity index (χ0) is 18.7. The summed E-state index contributed by atoms with van der Waals surface area (Å²) < 4.78 is 27.3. The molecule has 0 amide bonds. The van der Waals surface area contributed by atoms with Gasteiger partial charge in [0.2, 0.25) is 0 Å². The predicted molar refractivity (Wildman–Crippen MR) is 103 cm³/mol. The summed E-state index contributed by atoms with van der Waals surface area (Å²) >= 11 is 0. The molecular formula is C20H24N2O3S. The molecule has 0 bridgehead atoms. The largest absolute Gasteiger partial charge is 0.294 e. The summed E-state index contributed by atoms with van der Waals surface area (Å²) in [6.45, 7) is 0.719. The first-order valence-electron chi connectivity index (χ1n) is 8.77. The number of carbonyl (C=O) groups excluding carboxylic acids is 1. The van der Waals surface area contributed by atoms with Crippen molar-refractivity contribution < 1.29 is 13.2 Å². The lowest BCUT2D eigenvalue weighted by Crippen LogP contribution is -2.46. The molecule has 1 heterocycles. The van der Waals surface area contributed by atoms with Gasteiger partial charge in [0.25, 0.3) is 10.2 Å². The average Bonchev–Trinajstić information content (AvgIpc) is 2.68. The van der Waals surface area contributed by atoms with Gasteiger partial charge >= 0.3 is 0 Å². The van der Waals surface area contributed by atoms with Crippen LogP contribution in [0.15, 0.2) is 54.6 Å². The Morgan fingerprint density at radius 2 is 1.62 bits per heavy atom. The molecule has 3 rings (SSSR count). The fourth-order valence-electron chi connectivity index (χ4n) is 3.29. The maximum atomic E-state index is 12.9. The van der Waals surface area contributed by atoms with Gasteiger partial charge in [-0.3, -0.25) is 4.79 Å². The highest BCUT2D eigenvalue weighted by Gasteiger charge is 2.33. The van der Waals surface area contributed by atoms with Crippen molar-refractivity contribution in [2.24, 2.45) is 5.92 Å². The van der Waals surface area contributed by atoms with Crippen molar-refractivity contribution in [3.63, 3.8) is 0 Å². The Labute approximate surface area is 155 Å². The molecule has 1 aliphatic heterocycles. The first kappa shape index (κ1) is 18.8. The molecule has 1 saturated heterocycles. The van der Waals surface area contributed by atoms with Crippen LogP contribution in [0.1, 0.15) is 23.2 Å². The van der Waals surface area contributed by atoms with Crippen LogP contribution in [0.25, 0.3) is 11.1 Å². The zero-order valence-electron chi connectivity index (χ0n) is 15.1. The molecule has 0 spiro atoms. The molecule has 2 aromatic rings. The molecule has 0 unspecified atom stereocenters. The highest BCUT2D eigenvalue weighted by Crippen LogP contribution is 2.25. The Bertz CT molecular complexity index is 862. The third kappa shape index (κ3) is 3.87. The van der Waals surface area contributed by atoms with E-state index in [1.54, 1.807) is 0 Å². The lowest BCUT2D eigenvalue weighted by molar-refractivity contribution is 0.0870. The standard InChI is InChI=1S/C20H24N2O3S/c1-21(2)26(24,25)22-14-6-9-19(15-22)20(23)18-12-10-17(11-13-18)16-7-4-3-5-8-16/h3-5,7-8,10-13,19H,6,9,14-15H2,1-2H3/t19-/m0/s1. The zero-order valence-corrected chi connectivity index (χ0v) is 15.9. The van der Waals surface area contributed by atoms with Crippen LogP contribution in [0.3, 0.4) is 0 Å². The van der Waals surface area contributed by atoms with Gasteiger partial charge < -0.3 is 0 Å². The molecule has 1 aliphatic rings. The number of ketones is 1. The van der Waals surface area contributed by atoms with Crippen molar-refractivity contribution in [1.82, 2.24) is 8.61 Å². The second kappa shape index (κ2) is 7.70. The lowest BCUT2D eigenvalue weighted by Gasteiger charge is -2.32. The number of carbonyl (C=O) groups is 1. The first-order chi connectivity index (χ1) is 12.4. The highest BCUT2D eigenvalue weighted by atomic mass is 32.2. The Hall–Kier alpha value is -2.02. The predicted octanol–water partition coefficient (Wildman–Crippen LogP) is 3.05. The average molecular weight is 372 g/mol. The van der Waals surface area contributed by atoms with E-state index in [9.17, 15) is 13.2 Å². The van der Waals surface area contributed by atoms with Crippen LogP contribution in [-0.4, -0.2) is 50.0 Å². The summed E-state index contributed by atoms with van der Waals surface area (Å²) in [5, 5.41) is 0. The van der Waals surface area contributed by atoms with Crippen LogP contribution in [-0.2, 0) is 10.2 Å². The number of nitrogens with zero attached hydrogens (tertiary/aromatic N) is 2. The van der Waals surface area contributed by atoms with Crippen LogP contribution in [0.2, 0.25) is 0 Å². The first-order valence-corrected chi connectivity index (χ1v) is 10.2. The van der Waals surface area contributed by atoms with Crippen LogP contribution in [0.5, 0.6) is 0 Å². The minimum Gasteiger partial charge on any atom is -0.294 e. The Kier molecular flexibility index (Phi) is 5.55. The highest BCUT2D eigenvalue weighted by molar-refractivity contribution is 7.86. The van der Waals surface area contributed by atoms with Gasteiger partial charge in [0.1, 0.15) is 0 Å². The minimum absolute atomic E-state index is 0.0169.